The number of nitrogens with zero attached hydrogens (tertiary/aromatic N) is 1. The van der Waals surface area contributed by atoms with Crippen LogP contribution in [0.5, 0.6) is 11.5 Å². The van der Waals surface area contributed by atoms with Gasteiger partial charge in [-0.15, -0.1) is 0 Å². The number of benzene rings is 1. The van der Waals surface area contributed by atoms with Crippen LogP contribution in [0.3, 0.4) is 0 Å². The molecule has 1 atom stereocenters. The summed E-state index contributed by atoms with van der Waals surface area (Å²) in [5.74, 6) is 0.605. The van der Waals surface area contributed by atoms with Gasteiger partial charge in [0.05, 0.1) is 30.8 Å². The quantitative estimate of drug-likeness (QED) is 0.519. The van der Waals surface area contributed by atoms with Gasteiger partial charge in [0, 0.05) is 11.5 Å². The van der Waals surface area contributed by atoms with Gasteiger partial charge in [-0.1, -0.05) is 0 Å². The van der Waals surface area contributed by atoms with Gasteiger partial charge in [-0.3, -0.25) is 10.1 Å². The number of aliphatic hydroxyl groups is 1. The number of methoxy groups -OCH3 is 2. The van der Waals surface area contributed by atoms with Crippen molar-refractivity contribution in [3.05, 3.63) is 38.2 Å². The molecule has 0 amide bonds. The third kappa shape index (κ3) is 2.40. The van der Waals surface area contributed by atoms with Crippen LogP contribution in [-0.2, 0) is 0 Å². The number of hydrogen-bond donors (Lipinski definition) is 1. The van der Waals surface area contributed by atoms with Gasteiger partial charge in [-0.2, -0.15) is 0 Å². The van der Waals surface area contributed by atoms with E-state index in [1.165, 1.54) is 33.3 Å². The minimum atomic E-state index is -1.23. The fourth-order valence-electron chi connectivity index (χ4n) is 2.14. The second-order valence-electron chi connectivity index (χ2n) is 4.29. The zero-order valence-corrected chi connectivity index (χ0v) is 11.6. The summed E-state index contributed by atoms with van der Waals surface area (Å²) in [5, 5.41) is 21.1. The van der Waals surface area contributed by atoms with Crippen molar-refractivity contribution in [2.24, 2.45) is 0 Å². The van der Waals surface area contributed by atoms with Gasteiger partial charge in [0.15, 0.2) is 11.5 Å². The Hall–Kier alpha value is -2.61. The fourth-order valence-corrected chi connectivity index (χ4v) is 2.14. The summed E-state index contributed by atoms with van der Waals surface area (Å²) in [5.41, 5.74) is -1.97. The summed E-state index contributed by atoms with van der Waals surface area (Å²) < 4.78 is 15.1. The van der Waals surface area contributed by atoms with Gasteiger partial charge < -0.3 is 19.0 Å². The number of rotatable bonds is 4. The Morgan fingerprint density at radius 1 is 1.29 bits per heavy atom. The summed E-state index contributed by atoms with van der Waals surface area (Å²) in [4.78, 5) is 21.9. The van der Waals surface area contributed by atoms with E-state index in [9.17, 15) is 20.0 Å². The molecule has 1 unspecified atom stereocenters. The Kier molecular flexibility index (Phi) is 3.81. The van der Waals surface area contributed by atoms with E-state index in [1.54, 1.807) is 0 Å². The van der Waals surface area contributed by atoms with Crippen LogP contribution in [0, 0.1) is 10.1 Å². The fraction of sp³-hybridized carbons (Fsp3) is 0.308. The van der Waals surface area contributed by atoms with E-state index in [-0.39, 0.29) is 16.5 Å². The van der Waals surface area contributed by atoms with Crippen LogP contribution in [0.2, 0.25) is 0 Å². The Balaban J connectivity index is 2.98. The molecule has 0 fully saturated rings. The molecule has 1 aromatic heterocycles. The van der Waals surface area contributed by atoms with E-state index in [0.717, 1.165) is 0 Å². The van der Waals surface area contributed by atoms with Crippen molar-refractivity contribution >= 4 is 16.7 Å². The van der Waals surface area contributed by atoms with Crippen LogP contribution in [-0.4, -0.2) is 24.2 Å². The lowest BCUT2D eigenvalue weighted by atomic mass is 10.0. The van der Waals surface area contributed by atoms with Gasteiger partial charge in [-0.05, 0) is 13.0 Å². The van der Waals surface area contributed by atoms with Crippen molar-refractivity contribution in [3.63, 3.8) is 0 Å². The summed E-state index contributed by atoms with van der Waals surface area (Å²) >= 11 is 0. The van der Waals surface area contributed by atoms with Gasteiger partial charge in [0.25, 0.3) is 0 Å². The molecule has 21 heavy (non-hydrogen) atoms. The zero-order chi connectivity index (χ0) is 15.7. The summed E-state index contributed by atoms with van der Waals surface area (Å²) in [7, 11) is 2.81. The van der Waals surface area contributed by atoms with Crippen molar-refractivity contribution in [2.75, 3.05) is 14.2 Å². The van der Waals surface area contributed by atoms with Crippen LogP contribution in [0.4, 0.5) is 5.69 Å². The molecule has 0 saturated carbocycles. The van der Waals surface area contributed by atoms with Crippen molar-refractivity contribution in [1.82, 2.24) is 0 Å². The molecule has 0 spiro atoms. The molecule has 2 aromatic rings. The maximum Gasteiger partial charge on any atom is 0.415 e. The molecule has 2 rings (SSSR count). The molecule has 1 N–H and O–H groups in total. The van der Waals surface area contributed by atoms with Crippen molar-refractivity contribution in [1.29, 1.82) is 0 Å². The van der Waals surface area contributed by atoms with Gasteiger partial charge in [0.2, 0.25) is 0 Å². The third-order valence-electron chi connectivity index (χ3n) is 3.03. The maximum absolute atomic E-state index is 11.8. The van der Waals surface area contributed by atoms with Crippen LogP contribution < -0.4 is 15.1 Å². The van der Waals surface area contributed by atoms with E-state index < -0.39 is 22.3 Å². The monoisotopic (exact) mass is 295 g/mol. The molecule has 0 aliphatic rings. The molecule has 8 nitrogen and oxygen atoms in total. The number of aliphatic hydroxyl groups excluding tert-OH is 1. The SMILES string of the molecule is COc1cc2oc(=O)c([N+](=O)[O-])c(C(C)O)c2cc1OC. The normalized spacial score (nSPS) is 12.2. The number of nitro groups is 1. The van der Waals surface area contributed by atoms with Crippen molar-refractivity contribution in [2.45, 2.75) is 13.0 Å². The van der Waals surface area contributed by atoms with Gasteiger partial charge >= 0.3 is 11.3 Å². The Labute approximate surface area is 118 Å². The molecular weight excluding hydrogens is 282 g/mol. The van der Waals surface area contributed by atoms with Crippen molar-refractivity contribution in [3.8, 4) is 11.5 Å². The Morgan fingerprint density at radius 3 is 2.33 bits per heavy atom. The Morgan fingerprint density at radius 2 is 1.86 bits per heavy atom. The first-order chi connectivity index (χ1) is 9.90. The predicted molar refractivity (Wildman–Crippen MR) is 72.9 cm³/mol. The number of fused-ring (bicyclic) bond motifs is 1. The van der Waals surface area contributed by atoms with E-state index in [0.29, 0.717) is 11.5 Å². The van der Waals surface area contributed by atoms with E-state index >= 15 is 0 Å². The molecule has 0 radical (unpaired) electrons. The molecular formula is C13H13NO7. The summed E-state index contributed by atoms with van der Waals surface area (Å²) in [6.07, 6.45) is -1.23. The van der Waals surface area contributed by atoms with E-state index in [1.807, 2.05) is 0 Å². The zero-order valence-electron chi connectivity index (χ0n) is 11.6. The second kappa shape index (κ2) is 5.41. The van der Waals surface area contributed by atoms with E-state index in [4.69, 9.17) is 13.9 Å². The molecule has 8 heteroatoms. The van der Waals surface area contributed by atoms with Crippen LogP contribution in [0.15, 0.2) is 21.3 Å². The molecule has 112 valence electrons. The Bertz CT molecular complexity index is 763. The minimum Gasteiger partial charge on any atom is -0.493 e. The molecule has 0 saturated heterocycles. The minimum absolute atomic E-state index is 0.0687. The number of hydrogen-bond acceptors (Lipinski definition) is 7. The highest BCUT2D eigenvalue weighted by molar-refractivity contribution is 5.87. The van der Waals surface area contributed by atoms with Gasteiger partial charge in [0.1, 0.15) is 5.58 Å². The average Bonchev–Trinajstić information content (AvgIpc) is 2.43. The van der Waals surface area contributed by atoms with Gasteiger partial charge in [-0.25, -0.2) is 4.79 Å². The summed E-state index contributed by atoms with van der Waals surface area (Å²) in [6, 6.07) is 2.80. The first-order valence-electron chi connectivity index (χ1n) is 5.95. The standard InChI is InChI=1S/C13H13NO7/c1-6(15)11-7-4-9(19-2)10(20-3)5-8(7)21-13(16)12(11)14(17)18/h4-6,15H,1-3H3. The van der Waals surface area contributed by atoms with E-state index in [2.05, 4.69) is 0 Å². The molecule has 1 heterocycles. The van der Waals surface area contributed by atoms with Crippen molar-refractivity contribution < 1.29 is 23.9 Å². The molecule has 1 aromatic carbocycles. The summed E-state index contributed by atoms with van der Waals surface area (Å²) in [6.45, 7) is 1.33. The van der Waals surface area contributed by atoms with Crippen LogP contribution >= 0.6 is 0 Å². The highest BCUT2D eigenvalue weighted by Crippen LogP contribution is 2.37. The number of ether oxygens (including phenoxy) is 2. The lowest BCUT2D eigenvalue weighted by Gasteiger charge is -2.12. The largest absolute Gasteiger partial charge is 0.493 e. The maximum atomic E-state index is 11.8. The smallest absolute Gasteiger partial charge is 0.415 e. The lowest BCUT2D eigenvalue weighted by molar-refractivity contribution is -0.388. The highest BCUT2D eigenvalue weighted by Gasteiger charge is 2.28. The molecule has 0 bridgehead atoms. The molecule has 0 aliphatic heterocycles. The van der Waals surface area contributed by atoms with Crippen LogP contribution in [0.1, 0.15) is 18.6 Å². The molecule has 0 aliphatic carbocycles. The second-order valence-corrected chi connectivity index (χ2v) is 4.29. The average molecular weight is 295 g/mol. The first kappa shape index (κ1) is 14.8. The third-order valence-corrected chi connectivity index (χ3v) is 3.03. The first-order valence-corrected chi connectivity index (χ1v) is 5.95. The lowest BCUT2D eigenvalue weighted by Crippen LogP contribution is -2.12. The van der Waals surface area contributed by atoms with Crippen LogP contribution in [0.25, 0.3) is 11.0 Å². The topological polar surface area (TPSA) is 112 Å². The predicted octanol–water partition coefficient (Wildman–Crippen LogP) is 1.77. The highest BCUT2D eigenvalue weighted by atomic mass is 16.6.